The van der Waals surface area contributed by atoms with Gasteiger partial charge in [-0.1, -0.05) is 25.1 Å². The lowest BCUT2D eigenvalue weighted by molar-refractivity contribution is 0.444. The molecular weight excluding hydrogens is 208 g/mol. The van der Waals surface area contributed by atoms with Crippen molar-refractivity contribution in [2.75, 3.05) is 0 Å². The van der Waals surface area contributed by atoms with E-state index in [-0.39, 0.29) is 5.54 Å². The zero-order valence-corrected chi connectivity index (χ0v) is 10.2. The summed E-state index contributed by atoms with van der Waals surface area (Å²) < 4.78 is 0. The number of pyridine rings is 1. The largest absolute Gasteiger partial charge is 0.321 e. The molecule has 0 saturated heterocycles. The minimum atomic E-state index is -0.139. The van der Waals surface area contributed by atoms with Gasteiger partial charge in [-0.3, -0.25) is 4.98 Å². The second kappa shape index (κ2) is 3.81. The lowest BCUT2D eigenvalue weighted by Crippen LogP contribution is -2.33. The lowest BCUT2D eigenvalue weighted by Gasteiger charge is -2.26. The molecule has 2 heteroatoms. The average Bonchev–Trinajstić information content (AvgIpc) is 2.70. The van der Waals surface area contributed by atoms with Gasteiger partial charge < -0.3 is 5.73 Å². The summed E-state index contributed by atoms with van der Waals surface area (Å²) in [6, 6.07) is 8.47. The SMILES string of the molecule is CC1CCC(N)(c2cccc3cnccc23)C1. The summed E-state index contributed by atoms with van der Waals surface area (Å²) in [7, 11) is 0. The van der Waals surface area contributed by atoms with E-state index in [1.807, 2.05) is 12.4 Å². The van der Waals surface area contributed by atoms with Crippen LogP contribution in [0.3, 0.4) is 0 Å². The molecule has 1 aromatic heterocycles. The summed E-state index contributed by atoms with van der Waals surface area (Å²) in [5.74, 6) is 0.733. The number of nitrogens with two attached hydrogens (primary N) is 1. The van der Waals surface area contributed by atoms with Crippen molar-refractivity contribution in [3.05, 3.63) is 42.2 Å². The van der Waals surface area contributed by atoms with E-state index in [4.69, 9.17) is 5.73 Å². The molecule has 17 heavy (non-hydrogen) atoms. The monoisotopic (exact) mass is 226 g/mol. The third-order valence-electron chi connectivity index (χ3n) is 4.01. The number of fused-ring (bicyclic) bond motifs is 1. The molecule has 2 aromatic rings. The van der Waals surface area contributed by atoms with Crippen LogP contribution >= 0.6 is 0 Å². The standard InChI is InChI=1S/C15H18N2/c1-11-5-7-15(16,9-11)14-4-2-3-12-10-17-8-6-13(12)14/h2-4,6,8,10-11H,5,7,9,16H2,1H3. The predicted octanol–water partition coefficient (Wildman–Crippen LogP) is 3.21. The van der Waals surface area contributed by atoms with Crippen molar-refractivity contribution in [1.82, 2.24) is 4.98 Å². The lowest BCUT2D eigenvalue weighted by atomic mass is 9.85. The van der Waals surface area contributed by atoms with Gasteiger partial charge in [0.15, 0.2) is 0 Å². The van der Waals surface area contributed by atoms with Crippen LogP contribution in [-0.2, 0) is 5.54 Å². The fraction of sp³-hybridized carbons (Fsp3) is 0.400. The average molecular weight is 226 g/mol. The molecular formula is C15H18N2. The van der Waals surface area contributed by atoms with Crippen LogP contribution in [0.25, 0.3) is 10.8 Å². The molecule has 0 bridgehead atoms. The van der Waals surface area contributed by atoms with Crippen molar-refractivity contribution >= 4 is 10.8 Å². The first-order chi connectivity index (χ1) is 8.19. The van der Waals surface area contributed by atoms with Gasteiger partial charge in [0.2, 0.25) is 0 Å². The quantitative estimate of drug-likeness (QED) is 0.811. The smallest absolute Gasteiger partial charge is 0.0418 e. The van der Waals surface area contributed by atoms with E-state index >= 15 is 0 Å². The molecule has 1 heterocycles. The Labute approximate surface area is 102 Å². The van der Waals surface area contributed by atoms with Crippen molar-refractivity contribution < 1.29 is 0 Å². The molecule has 2 atom stereocenters. The maximum Gasteiger partial charge on any atom is 0.0418 e. The number of hydrogen-bond acceptors (Lipinski definition) is 2. The molecule has 0 amide bonds. The van der Waals surface area contributed by atoms with Crippen LogP contribution in [0.1, 0.15) is 31.7 Å². The van der Waals surface area contributed by atoms with Gasteiger partial charge >= 0.3 is 0 Å². The number of nitrogens with zero attached hydrogens (tertiary/aromatic N) is 1. The van der Waals surface area contributed by atoms with Crippen LogP contribution in [0.15, 0.2) is 36.7 Å². The molecule has 1 aromatic carbocycles. The van der Waals surface area contributed by atoms with Crippen LogP contribution in [0.4, 0.5) is 0 Å². The molecule has 3 rings (SSSR count). The third-order valence-corrected chi connectivity index (χ3v) is 4.01. The summed E-state index contributed by atoms with van der Waals surface area (Å²) >= 11 is 0. The molecule has 1 aliphatic carbocycles. The molecule has 2 unspecified atom stereocenters. The summed E-state index contributed by atoms with van der Waals surface area (Å²) in [5.41, 5.74) is 7.77. The fourth-order valence-electron chi connectivity index (χ4n) is 3.13. The summed E-state index contributed by atoms with van der Waals surface area (Å²) in [6.45, 7) is 2.29. The van der Waals surface area contributed by atoms with Crippen LogP contribution < -0.4 is 5.73 Å². The number of benzene rings is 1. The minimum absolute atomic E-state index is 0.139. The zero-order chi connectivity index (χ0) is 11.9. The van der Waals surface area contributed by atoms with Gasteiger partial charge in [0.1, 0.15) is 0 Å². The summed E-state index contributed by atoms with van der Waals surface area (Å²) in [6.07, 6.45) is 7.19. The second-order valence-corrected chi connectivity index (χ2v) is 5.41. The van der Waals surface area contributed by atoms with E-state index in [0.717, 1.165) is 18.8 Å². The molecule has 0 spiro atoms. The minimum Gasteiger partial charge on any atom is -0.321 e. The van der Waals surface area contributed by atoms with Crippen molar-refractivity contribution in [2.24, 2.45) is 11.7 Å². The first kappa shape index (κ1) is 10.7. The Hall–Kier alpha value is -1.41. The molecule has 1 fully saturated rings. The van der Waals surface area contributed by atoms with E-state index in [1.54, 1.807) is 0 Å². The van der Waals surface area contributed by atoms with Crippen molar-refractivity contribution in [3.8, 4) is 0 Å². The predicted molar refractivity (Wildman–Crippen MR) is 70.6 cm³/mol. The van der Waals surface area contributed by atoms with Gasteiger partial charge in [-0.2, -0.15) is 0 Å². The van der Waals surface area contributed by atoms with Crippen molar-refractivity contribution in [2.45, 2.75) is 31.7 Å². The number of aromatic nitrogens is 1. The first-order valence-electron chi connectivity index (χ1n) is 6.31. The van der Waals surface area contributed by atoms with Crippen LogP contribution in [-0.4, -0.2) is 4.98 Å². The highest BCUT2D eigenvalue weighted by Gasteiger charge is 2.36. The number of hydrogen-bond donors (Lipinski definition) is 1. The first-order valence-corrected chi connectivity index (χ1v) is 6.31. The van der Waals surface area contributed by atoms with E-state index in [1.165, 1.54) is 22.8 Å². The van der Waals surface area contributed by atoms with Crippen LogP contribution in [0, 0.1) is 5.92 Å². The van der Waals surface area contributed by atoms with Gasteiger partial charge in [0.05, 0.1) is 0 Å². The Bertz CT molecular complexity index is 544. The fourth-order valence-corrected chi connectivity index (χ4v) is 3.13. The Morgan fingerprint density at radius 1 is 1.35 bits per heavy atom. The topological polar surface area (TPSA) is 38.9 Å². The molecule has 0 aliphatic heterocycles. The molecule has 2 N–H and O–H groups in total. The van der Waals surface area contributed by atoms with Gasteiger partial charge in [-0.05, 0) is 42.2 Å². The molecule has 1 aliphatic rings. The molecule has 2 nitrogen and oxygen atoms in total. The molecule has 1 saturated carbocycles. The highest BCUT2D eigenvalue weighted by Crippen LogP contribution is 2.42. The summed E-state index contributed by atoms with van der Waals surface area (Å²) in [4.78, 5) is 4.18. The van der Waals surface area contributed by atoms with Gasteiger partial charge in [0, 0.05) is 23.3 Å². The van der Waals surface area contributed by atoms with Crippen molar-refractivity contribution in [3.63, 3.8) is 0 Å². The molecule has 0 radical (unpaired) electrons. The van der Waals surface area contributed by atoms with E-state index in [9.17, 15) is 0 Å². The summed E-state index contributed by atoms with van der Waals surface area (Å²) in [5, 5.41) is 2.45. The van der Waals surface area contributed by atoms with Crippen molar-refractivity contribution in [1.29, 1.82) is 0 Å². The van der Waals surface area contributed by atoms with E-state index in [0.29, 0.717) is 0 Å². The maximum atomic E-state index is 6.62. The van der Waals surface area contributed by atoms with Gasteiger partial charge in [-0.15, -0.1) is 0 Å². The van der Waals surface area contributed by atoms with Gasteiger partial charge in [0.25, 0.3) is 0 Å². The second-order valence-electron chi connectivity index (χ2n) is 5.41. The normalized spacial score (nSPS) is 28.7. The Morgan fingerprint density at radius 2 is 2.24 bits per heavy atom. The molecule has 88 valence electrons. The Balaban J connectivity index is 2.17. The van der Waals surface area contributed by atoms with Crippen LogP contribution in [0.5, 0.6) is 0 Å². The van der Waals surface area contributed by atoms with Crippen LogP contribution in [0.2, 0.25) is 0 Å². The highest BCUT2D eigenvalue weighted by atomic mass is 14.8. The highest BCUT2D eigenvalue weighted by molar-refractivity contribution is 5.85. The van der Waals surface area contributed by atoms with E-state index < -0.39 is 0 Å². The number of rotatable bonds is 1. The Morgan fingerprint density at radius 3 is 3.00 bits per heavy atom. The van der Waals surface area contributed by atoms with Gasteiger partial charge in [-0.25, -0.2) is 0 Å². The third kappa shape index (κ3) is 1.73. The van der Waals surface area contributed by atoms with E-state index in [2.05, 4.69) is 36.2 Å². The zero-order valence-electron chi connectivity index (χ0n) is 10.2. The Kier molecular flexibility index (Phi) is 2.40. The maximum absolute atomic E-state index is 6.62.